The van der Waals surface area contributed by atoms with Crippen LogP contribution in [0.15, 0.2) is 54.6 Å². The average Bonchev–Trinajstić information content (AvgIpc) is 3.32. The van der Waals surface area contributed by atoms with E-state index in [1.165, 1.54) is 14.1 Å². The number of aromatic hydroxyl groups is 1. The fourth-order valence-electron chi connectivity index (χ4n) is 7.44. The molecule has 1 aromatic heterocycles. The second kappa shape index (κ2) is 10.7. The van der Waals surface area contributed by atoms with Crippen molar-refractivity contribution >= 4 is 64.2 Å². The van der Waals surface area contributed by atoms with Crippen molar-refractivity contribution in [3.05, 3.63) is 76.5 Å². The molecule has 46 heavy (non-hydrogen) atoms. The molecule has 0 radical (unpaired) electrons. The summed E-state index contributed by atoms with van der Waals surface area (Å²) >= 11 is 20.5. The minimum Gasteiger partial charge on any atom is -0.507 e. The van der Waals surface area contributed by atoms with E-state index in [-0.39, 0.29) is 35.6 Å². The molecule has 3 fully saturated rings. The number of nitrogens with zero attached hydrogens (tertiary/aromatic N) is 4. The Bertz CT molecular complexity index is 1770. The van der Waals surface area contributed by atoms with E-state index in [2.05, 4.69) is 11.6 Å². The van der Waals surface area contributed by atoms with E-state index in [1.807, 2.05) is 0 Å². The van der Waals surface area contributed by atoms with Gasteiger partial charge in [-0.25, -0.2) is 4.98 Å². The molecule has 4 aliphatic rings. The molecule has 0 bridgehead atoms. The number of para-hydroxylation sites is 1. The van der Waals surface area contributed by atoms with Crippen molar-refractivity contribution in [2.24, 2.45) is 17.8 Å². The van der Waals surface area contributed by atoms with Crippen molar-refractivity contribution in [3.8, 4) is 5.75 Å². The van der Waals surface area contributed by atoms with Crippen LogP contribution < -0.4 is 5.01 Å². The predicted octanol–water partition coefficient (Wildman–Crippen LogP) is 5.23. The van der Waals surface area contributed by atoms with Gasteiger partial charge in [-0.2, -0.15) is 18.2 Å². The van der Waals surface area contributed by atoms with Gasteiger partial charge < -0.3 is 5.11 Å². The van der Waals surface area contributed by atoms with Crippen molar-refractivity contribution in [1.82, 2.24) is 14.9 Å². The first-order valence-electron chi connectivity index (χ1n) is 14.2. The number of alkyl halides is 5. The number of rotatable bonds is 5. The number of imide groups is 2. The number of phenolic OH excluding ortho intramolecular Hbond substituents is 1. The molecule has 1 saturated carbocycles. The molecule has 6 rings (SSSR count). The van der Waals surface area contributed by atoms with Gasteiger partial charge in [0.15, 0.2) is 15.6 Å². The van der Waals surface area contributed by atoms with E-state index < -0.39 is 74.7 Å². The number of likely N-dealkylation sites (tertiary alicyclic amines) is 1. The standard InChI is InChI=1S/C31H26Cl3F3N4O5/c1-4-6-14-7-5-8-17(23(14)42)22-15-9-10-16-21(18(15)13-29(33)27(45)39(2)28(46)30(22,29)34)26(44)41(25(16)43)40(3)24-19(32)11-12-20(38-24)31(35,36)37/h4-5,7-9,11-12,16,18,21-22,42H,1,6,10,13H2,2-3H3/t16-,18+,21-,22+,29+,30-/m0/s1. The van der Waals surface area contributed by atoms with E-state index in [0.29, 0.717) is 22.2 Å². The maximum absolute atomic E-state index is 14.2. The van der Waals surface area contributed by atoms with Gasteiger partial charge in [-0.1, -0.05) is 47.5 Å². The number of phenols is 1. The molecule has 3 heterocycles. The van der Waals surface area contributed by atoms with Crippen LogP contribution in [0.2, 0.25) is 5.02 Å². The number of carbonyl (C=O) groups excluding carboxylic acids is 4. The Morgan fingerprint density at radius 3 is 2.46 bits per heavy atom. The normalized spacial score (nSPS) is 30.7. The van der Waals surface area contributed by atoms with Gasteiger partial charge in [0.2, 0.25) is 0 Å². The zero-order valence-corrected chi connectivity index (χ0v) is 26.6. The Hall–Kier alpha value is -3.61. The molecule has 242 valence electrons. The summed E-state index contributed by atoms with van der Waals surface area (Å²) in [6.07, 6.45) is -1.60. The van der Waals surface area contributed by atoms with Crippen LogP contribution in [0.25, 0.3) is 0 Å². The summed E-state index contributed by atoms with van der Waals surface area (Å²) in [4.78, 5) is 55.6. The maximum atomic E-state index is 14.2. The predicted molar refractivity (Wildman–Crippen MR) is 162 cm³/mol. The highest BCUT2D eigenvalue weighted by Gasteiger charge is 2.76. The second-order valence-corrected chi connectivity index (χ2v) is 13.5. The van der Waals surface area contributed by atoms with E-state index >= 15 is 0 Å². The summed E-state index contributed by atoms with van der Waals surface area (Å²) in [6.45, 7) is 3.71. The summed E-state index contributed by atoms with van der Waals surface area (Å²) in [5, 5.41) is 12.8. The number of anilines is 1. The summed E-state index contributed by atoms with van der Waals surface area (Å²) in [7, 11) is 2.44. The van der Waals surface area contributed by atoms with Gasteiger partial charge >= 0.3 is 6.18 Å². The molecule has 2 aliphatic heterocycles. The van der Waals surface area contributed by atoms with Crippen molar-refractivity contribution < 1.29 is 37.5 Å². The molecule has 1 aromatic carbocycles. The molecule has 0 spiro atoms. The van der Waals surface area contributed by atoms with Crippen molar-refractivity contribution in [2.75, 3.05) is 19.1 Å². The van der Waals surface area contributed by atoms with Crippen LogP contribution in [0.4, 0.5) is 19.0 Å². The zero-order valence-electron chi connectivity index (χ0n) is 24.3. The number of benzene rings is 1. The zero-order chi connectivity index (χ0) is 33.7. The molecule has 6 atom stereocenters. The highest BCUT2D eigenvalue weighted by atomic mass is 35.5. The lowest BCUT2D eigenvalue weighted by Gasteiger charge is -2.50. The quantitative estimate of drug-likeness (QED) is 0.259. The van der Waals surface area contributed by atoms with Crippen LogP contribution in [0.1, 0.15) is 35.6 Å². The molecular formula is C31H26Cl3F3N4O5. The van der Waals surface area contributed by atoms with E-state index in [1.54, 1.807) is 30.4 Å². The molecule has 4 amide bonds. The molecule has 1 N–H and O–H groups in total. The minimum atomic E-state index is -4.82. The highest BCUT2D eigenvalue weighted by Crippen LogP contribution is 2.66. The number of hydrogen-bond acceptors (Lipinski definition) is 7. The third kappa shape index (κ3) is 4.25. The van der Waals surface area contributed by atoms with Crippen LogP contribution >= 0.6 is 34.8 Å². The first-order chi connectivity index (χ1) is 21.5. The number of amides is 4. The summed E-state index contributed by atoms with van der Waals surface area (Å²) < 4.78 is 40.4. The van der Waals surface area contributed by atoms with E-state index in [9.17, 15) is 37.5 Å². The highest BCUT2D eigenvalue weighted by molar-refractivity contribution is 6.53. The Balaban J connectivity index is 1.48. The molecule has 2 aromatic rings. The fraction of sp³-hybridized carbons (Fsp3) is 0.387. The number of pyridine rings is 1. The van der Waals surface area contributed by atoms with Gasteiger partial charge in [-0.05, 0) is 42.9 Å². The lowest BCUT2D eigenvalue weighted by atomic mass is 9.56. The van der Waals surface area contributed by atoms with Crippen LogP contribution in [0.3, 0.4) is 0 Å². The lowest BCUT2D eigenvalue weighted by molar-refractivity contribution is -0.141. The Kier molecular flexibility index (Phi) is 7.53. The third-order valence-corrected chi connectivity index (χ3v) is 11.2. The Morgan fingerprint density at radius 2 is 1.80 bits per heavy atom. The molecule has 9 nitrogen and oxygen atoms in total. The van der Waals surface area contributed by atoms with Gasteiger partial charge in [-0.15, -0.1) is 29.8 Å². The van der Waals surface area contributed by atoms with Gasteiger partial charge in [0.25, 0.3) is 23.6 Å². The first kappa shape index (κ1) is 32.3. The number of carbonyl (C=O) groups is 4. The topological polar surface area (TPSA) is 111 Å². The SMILES string of the molecule is C=CCc1cccc([C@H]2C3=CC[C@@H]4C(=O)N(N(C)c5nc(C(F)(F)F)ccc5Cl)C(=O)[C@@H]4[C@@H]3C[C@@]3(Cl)C(=O)N(C)C(=O)[C@@]23Cl)c1O. The van der Waals surface area contributed by atoms with E-state index in [0.717, 1.165) is 16.0 Å². The molecule has 2 aliphatic carbocycles. The van der Waals surface area contributed by atoms with Crippen LogP contribution in [0, 0.1) is 17.8 Å². The van der Waals surface area contributed by atoms with Crippen molar-refractivity contribution in [3.63, 3.8) is 0 Å². The van der Waals surface area contributed by atoms with Gasteiger partial charge in [0.05, 0.1) is 16.9 Å². The van der Waals surface area contributed by atoms with Gasteiger partial charge in [0, 0.05) is 25.6 Å². The molecule has 15 heteroatoms. The average molecular weight is 698 g/mol. The Labute approximate surface area is 276 Å². The van der Waals surface area contributed by atoms with Crippen molar-refractivity contribution in [2.45, 2.75) is 41.1 Å². The smallest absolute Gasteiger partial charge is 0.433 e. The first-order valence-corrected chi connectivity index (χ1v) is 15.3. The molecule has 0 unspecified atom stereocenters. The monoisotopic (exact) mass is 696 g/mol. The maximum Gasteiger partial charge on any atom is 0.433 e. The van der Waals surface area contributed by atoms with Crippen LogP contribution in [0.5, 0.6) is 5.75 Å². The van der Waals surface area contributed by atoms with E-state index in [4.69, 9.17) is 34.8 Å². The van der Waals surface area contributed by atoms with Crippen molar-refractivity contribution in [1.29, 1.82) is 0 Å². The van der Waals surface area contributed by atoms with Crippen LogP contribution in [-0.4, -0.2) is 67.5 Å². The summed E-state index contributed by atoms with van der Waals surface area (Å²) in [5.41, 5.74) is -0.157. The largest absolute Gasteiger partial charge is 0.507 e. The number of aromatic nitrogens is 1. The van der Waals surface area contributed by atoms with Gasteiger partial charge in [-0.3, -0.25) is 29.1 Å². The van der Waals surface area contributed by atoms with Crippen LogP contribution in [-0.2, 0) is 31.8 Å². The number of hydrazine groups is 1. The summed E-state index contributed by atoms with van der Waals surface area (Å²) in [6, 6.07) is 6.52. The Morgan fingerprint density at radius 1 is 1.11 bits per heavy atom. The number of halogens is 6. The number of hydrogen-bond donors (Lipinski definition) is 1. The lowest BCUT2D eigenvalue weighted by Crippen LogP contribution is -2.60. The third-order valence-electron chi connectivity index (χ3n) is 9.54. The van der Waals surface area contributed by atoms with Gasteiger partial charge in [0.1, 0.15) is 11.4 Å². The number of allylic oxidation sites excluding steroid dienone is 3. The summed E-state index contributed by atoms with van der Waals surface area (Å²) in [5.74, 6) is -7.96. The number of fused-ring (bicyclic) bond motifs is 4. The molecular weight excluding hydrogens is 672 g/mol. The second-order valence-electron chi connectivity index (χ2n) is 11.9. The molecule has 2 saturated heterocycles. The minimum absolute atomic E-state index is 0.000986. The fourth-order valence-corrected chi connectivity index (χ4v) is 8.68.